The van der Waals surface area contributed by atoms with Gasteiger partial charge in [-0.2, -0.15) is 4.68 Å². The second-order valence-corrected chi connectivity index (χ2v) is 10.3. The largest absolute Gasteiger partial charge is 0.500 e. The van der Waals surface area contributed by atoms with Crippen molar-refractivity contribution in [3.8, 4) is 11.3 Å². The molecule has 0 aliphatic carbocycles. The van der Waals surface area contributed by atoms with E-state index in [2.05, 4.69) is 5.21 Å². The number of carbonyl (C=O) groups excluding carboxylic acids is 4. The van der Waals surface area contributed by atoms with Crippen molar-refractivity contribution in [1.29, 1.82) is 0 Å². The molecule has 45 heavy (non-hydrogen) atoms. The second kappa shape index (κ2) is 12.8. The minimum absolute atomic E-state index is 0.150. The van der Waals surface area contributed by atoms with Crippen LogP contribution in [0.3, 0.4) is 0 Å². The normalized spacial score (nSPS) is 11.5. The molecule has 3 aromatic heterocycles. The van der Waals surface area contributed by atoms with E-state index in [4.69, 9.17) is 18.6 Å². The summed E-state index contributed by atoms with van der Waals surface area (Å²) in [7, 11) is 3.20. The molecule has 0 fully saturated rings. The molecule has 2 aromatic carbocycles. The molecule has 228 valence electrons. The molecule has 0 amide bonds. The molecular weight excluding hydrogens is 602 g/mol. The Balaban J connectivity index is 2.00. The number of rotatable bonds is 9. The number of methoxy groups -OCH3 is 3. The van der Waals surface area contributed by atoms with E-state index in [-0.39, 0.29) is 28.5 Å². The summed E-state index contributed by atoms with van der Waals surface area (Å²) >= 11 is 1.33. The molecule has 0 saturated heterocycles. The molecule has 0 bridgehead atoms. The van der Waals surface area contributed by atoms with Gasteiger partial charge in [-0.15, -0.1) is 11.3 Å². The molecule has 0 unspecified atom stereocenters. The summed E-state index contributed by atoms with van der Waals surface area (Å²) in [5.74, 6) is -4.29. The zero-order valence-electron chi connectivity index (χ0n) is 24.4. The summed E-state index contributed by atoms with van der Waals surface area (Å²) in [6, 6.07) is 16.6. The average Bonchev–Trinajstić information content (AvgIpc) is 3.66. The van der Waals surface area contributed by atoms with E-state index in [1.165, 1.54) is 32.7 Å². The van der Waals surface area contributed by atoms with Gasteiger partial charge in [-0.1, -0.05) is 65.2 Å². The number of aryl methyl sites for hydroxylation is 1. The number of aromatic nitrogens is 3. The maximum absolute atomic E-state index is 14.4. The van der Waals surface area contributed by atoms with Gasteiger partial charge in [0.1, 0.15) is 23.7 Å². The van der Waals surface area contributed by atoms with Crippen LogP contribution in [0.4, 0.5) is 0 Å². The number of nitrogens with zero attached hydrogens (tertiary/aromatic N) is 3. The fourth-order valence-electron chi connectivity index (χ4n) is 4.76. The summed E-state index contributed by atoms with van der Waals surface area (Å²) in [5.41, 5.74) is -2.04. The number of benzene rings is 2. The molecule has 0 radical (unpaired) electrons. The monoisotopic (exact) mass is 627 g/mol. The lowest BCUT2D eigenvalue weighted by molar-refractivity contribution is -0.709. The Morgan fingerprint density at radius 1 is 0.911 bits per heavy atom. The van der Waals surface area contributed by atoms with E-state index < -0.39 is 46.0 Å². The van der Waals surface area contributed by atoms with E-state index in [0.29, 0.717) is 10.5 Å². The summed E-state index contributed by atoms with van der Waals surface area (Å²) < 4.78 is 23.6. The molecule has 5 rings (SSSR count). The number of fused-ring (bicyclic) bond motifs is 1. The van der Waals surface area contributed by atoms with Gasteiger partial charge in [-0.3, -0.25) is 9.59 Å². The van der Waals surface area contributed by atoms with Crippen LogP contribution in [0.5, 0.6) is 0 Å². The van der Waals surface area contributed by atoms with Crippen molar-refractivity contribution in [3.63, 3.8) is 0 Å². The highest BCUT2D eigenvalue weighted by atomic mass is 32.1. The number of esters is 3. The Morgan fingerprint density at radius 2 is 1.56 bits per heavy atom. The van der Waals surface area contributed by atoms with Crippen LogP contribution in [0.1, 0.15) is 32.0 Å². The van der Waals surface area contributed by atoms with Crippen LogP contribution >= 0.6 is 11.3 Å². The lowest BCUT2D eigenvalue weighted by Crippen LogP contribution is -2.51. The molecule has 0 atom stereocenters. The minimum atomic E-state index is -1.15. The van der Waals surface area contributed by atoms with Gasteiger partial charge in [0, 0.05) is 33.7 Å². The summed E-state index contributed by atoms with van der Waals surface area (Å²) in [4.78, 5) is 68.8. The first-order chi connectivity index (χ1) is 21.7. The van der Waals surface area contributed by atoms with Crippen LogP contribution in [-0.4, -0.2) is 54.7 Å². The predicted octanol–water partition coefficient (Wildman–Crippen LogP) is 3.46. The zero-order valence-corrected chi connectivity index (χ0v) is 25.2. The van der Waals surface area contributed by atoms with Gasteiger partial charge in [0.2, 0.25) is 4.83 Å². The number of ether oxygens (including phenoxy) is 3. The maximum atomic E-state index is 14.4. The Bertz CT molecular complexity index is 2030. The number of Topliss-reactive ketones (excluding diaryl/α,β-unsaturated/α-hetero) is 1. The number of hydrogen-bond acceptors (Lipinski definition) is 11. The van der Waals surface area contributed by atoms with E-state index >= 15 is 0 Å². The van der Waals surface area contributed by atoms with Crippen molar-refractivity contribution in [3.05, 3.63) is 123 Å². The Kier molecular flexibility index (Phi) is 8.72. The van der Waals surface area contributed by atoms with Crippen molar-refractivity contribution in [1.82, 2.24) is 9.73 Å². The molecule has 12 nitrogen and oxygen atoms in total. The van der Waals surface area contributed by atoms with Gasteiger partial charge >= 0.3 is 17.6 Å². The molecule has 0 aliphatic rings. The van der Waals surface area contributed by atoms with Crippen LogP contribution in [0.25, 0.3) is 21.7 Å². The fraction of sp³-hybridized carbons (Fsp3) is 0.125. The lowest BCUT2D eigenvalue weighted by atomic mass is 9.87. The van der Waals surface area contributed by atoms with E-state index in [0.717, 1.165) is 27.4 Å². The Labute approximate surface area is 259 Å². The average molecular weight is 628 g/mol. The molecule has 5 aromatic rings. The van der Waals surface area contributed by atoms with E-state index in [1.807, 2.05) is 0 Å². The van der Waals surface area contributed by atoms with Gasteiger partial charge in [-0.25, -0.2) is 9.59 Å². The highest BCUT2D eigenvalue weighted by molar-refractivity contribution is 7.15. The van der Waals surface area contributed by atoms with E-state index in [9.17, 15) is 24.0 Å². The first-order valence-corrected chi connectivity index (χ1v) is 14.1. The van der Waals surface area contributed by atoms with Crippen molar-refractivity contribution < 1.29 is 42.5 Å². The molecule has 0 aliphatic heterocycles. The third-order valence-electron chi connectivity index (χ3n) is 6.78. The first kappa shape index (κ1) is 30.6. The number of thiazole rings is 1. The highest BCUT2D eigenvalue weighted by Gasteiger charge is 2.39. The van der Waals surface area contributed by atoms with Crippen molar-refractivity contribution >= 4 is 45.4 Å². The van der Waals surface area contributed by atoms with Crippen LogP contribution in [-0.2, 0) is 23.8 Å². The predicted molar refractivity (Wildman–Crippen MR) is 160 cm³/mol. The highest BCUT2D eigenvalue weighted by Crippen LogP contribution is 2.37. The van der Waals surface area contributed by atoms with Crippen LogP contribution < -0.4 is 10.3 Å². The van der Waals surface area contributed by atoms with Crippen LogP contribution in [0.15, 0.2) is 93.1 Å². The standard InChI is InChI=1S/C32H25N3O9S/c1-18-29-34(15-16-45-29)33-35(18)26(27(37)19-11-7-5-8-12-19)25(32(40)43-4)24(31(39)42-3)23-21(30(38)41-2)17-22(36)44-28(23)20-13-9-6-10-14-20/h5-17H,1-4H3/b25-24+,35-26?. The van der Waals surface area contributed by atoms with E-state index in [1.54, 1.807) is 67.0 Å². The maximum Gasteiger partial charge on any atom is 0.338 e. The molecule has 3 heterocycles. The fourth-order valence-corrected chi connectivity index (χ4v) is 5.53. The number of ketones is 1. The molecule has 0 N–H and O–H groups in total. The SMILES string of the molecule is COC(=O)/C(=C(/C(=O)OC)[C-](C(=O)c1ccccc1)[n+]1nn2ccsc2c1C)c1c(C(=O)OC)cc(=O)oc1-c1ccccc1. The third-order valence-corrected chi connectivity index (χ3v) is 7.75. The van der Waals surface area contributed by atoms with Crippen molar-refractivity contribution in [2.75, 3.05) is 21.3 Å². The van der Waals surface area contributed by atoms with Gasteiger partial charge in [0.05, 0.1) is 32.1 Å². The van der Waals surface area contributed by atoms with Crippen LogP contribution in [0, 0.1) is 13.0 Å². The number of hydrogen-bond donors (Lipinski definition) is 0. The first-order valence-electron chi connectivity index (χ1n) is 13.3. The molecule has 0 spiro atoms. The van der Waals surface area contributed by atoms with Gasteiger partial charge < -0.3 is 23.4 Å². The molecule has 13 heteroatoms. The third kappa shape index (κ3) is 5.63. The topological polar surface area (TPSA) is 147 Å². The summed E-state index contributed by atoms with van der Waals surface area (Å²) in [5, 5.41) is 6.30. The summed E-state index contributed by atoms with van der Waals surface area (Å²) in [6.07, 6.45) is 1.66. The van der Waals surface area contributed by atoms with Crippen molar-refractivity contribution in [2.24, 2.45) is 0 Å². The number of carbonyl (C=O) groups is 4. The van der Waals surface area contributed by atoms with Crippen LogP contribution in [0.2, 0.25) is 0 Å². The van der Waals surface area contributed by atoms with Gasteiger partial charge in [0.15, 0.2) is 5.78 Å². The summed E-state index contributed by atoms with van der Waals surface area (Å²) in [6.45, 7) is 1.68. The van der Waals surface area contributed by atoms with Gasteiger partial charge in [0.25, 0.3) is 5.97 Å². The molecule has 0 saturated carbocycles. The van der Waals surface area contributed by atoms with Gasteiger partial charge in [-0.05, 0) is 12.5 Å². The lowest BCUT2D eigenvalue weighted by Gasteiger charge is -2.25. The Morgan fingerprint density at radius 3 is 2.16 bits per heavy atom. The Hall–Kier alpha value is -5.82. The van der Waals surface area contributed by atoms with Crippen molar-refractivity contribution in [2.45, 2.75) is 6.92 Å². The zero-order chi connectivity index (χ0) is 32.2. The second-order valence-electron chi connectivity index (χ2n) is 9.36. The molecular formula is C32H25N3O9S. The smallest absolute Gasteiger partial charge is 0.338 e. The minimum Gasteiger partial charge on any atom is -0.500 e. The quantitative estimate of drug-likeness (QED) is 0.0594.